The van der Waals surface area contributed by atoms with Crippen molar-refractivity contribution in [1.29, 1.82) is 0 Å². The van der Waals surface area contributed by atoms with E-state index in [1.807, 2.05) is 0 Å². The van der Waals surface area contributed by atoms with Crippen molar-refractivity contribution in [1.82, 2.24) is 0 Å². The van der Waals surface area contributed by atoms with Crippen molar-refractivity contribution >= 4 is 17.4 Å². The Kier molecular flexibility index (Phi) is 5.62. The first-order valence-electron chi connectivity index (χ1n) is 7.24. The van der Waals surface area contributed by atoms with Crippen molar-refractivity contribution in [2.75, 3.05) is 7.11 Å². The van der Waals surface area contributed by atoms with Gasteiger partial charge in [-0.05, 0) is 43.3 Å². The molecular weight excluding hydrogens is 326 g/mol. The molecule has 0 N–H and O–H groups in total. The van der Waals surface area contributed by atoms with Gasteiger partial charge in [-0.2, -0.15) is 0 Å². The Balaban J connectivity index is 2.05. The van der Waals surface area contributed by atoms with E-state index in [2.05, 4.69) is 0 Å². The van der Waals surface area contributed by atoms with E-state index < -0.39 is 16.7 Å². The first kappa shape index (κ1) is 17.9. The number of ketones is 1. The summed E-state index contributed by atoms with van der Waals surface area (Å²) in [6.07, 6.45) is 1.16. The fourth-order valence-electron chi connectivity index (χ4n) is 1.98. The van der Waals surface area contributed by atoms with Gasteiger partial charge >= 0.3 is 5.97 Å². The normalized spacial score (nSPS) is 10.9. The van der Waals surface area contributed by atoms with Crippen LogP contribution in [-0.2, 0) is 4.74 Å². The van der Waals surface area contributed by atoms with Gasteiger partial charge in [0.1, 0.15) is 11.5 Å². The molecule has 7 heteroatoms. The third-order valence-corrected chi connectivity index (χ3v) is 3.28. The van der Waals surface area contributed by atoms with Crippen molar-refractivity contribution in [3.05, 3.63) is 81.6 Å². The van der Waals surface area contributed by atoms with Crippen LogP contribution in [0, 0.1) is 10.1 Å². The van der Waals surface area contributed by atoms with Gasteiger partial charge in [-0.3, -0.25) is 14.9 Å². The number of non-ortho nitro benzene ring substituents is 1. The molecule has 0 bridgehead atoms. The highest BCUT2D eigenvalue weighted by Gasteiger charge is 2.11. The minimum absolute atomic E-state index is 0.108. The third-order valence-electron chi connectivity index (χ3n) is 3.28. The van der Waals surface area contributed by atoms with Crippen LogP contribution in [0.5, 0.6) is 5.75 Å². The van der Waals surface area contributed by atoms with Gasteiger partial charge < -0.3 is 9.47 Å². The van der Waals surface area contributed by atoms with Gasteiger partial charge in [0.25, 0.3) is 5.69 Å². The lowest BCUT2D eigenvalue weighted by Crippen LogP contribution is -2.05. The van der Waals surface area contributed by atoms with E-state index in [0.29, 0.717) is 11.3 Å². The molecule has 0 spiro atoms. The smallest absolute Gasteiger partial charge is 0.343 e. The predicted molar refractivity (Wildman–Crippen MR) is 89.6 cm³/mol. The Morgan fingerprint density at radius 1 is 1.00 bits per heavy atom. The van der Waals surface area contributed by atoms with Crippen LogP contribution in [0.25, 0.3) is 0 Å². The number of nitrogens with zero attached hydrogens (tertiary/aromatic N) is 1. The number of esters is 1. The van der Waals surface area contributed by atoms with Gasteiger partial charge in [-0.25, -0.2) is 4.79 Å². The Hall–Kier alpha value is -3.48. The van der Waals surface area contributed by atoms with Gasteiger partial charge in [-0.1, -0.05) is 0 Å². The lowest BCUT2D eigenvalue weighted by molar-refractivity contribution is -0.384. The number of rotatable bonds is 6. The molecule has 2 rings (SSSR count). The van der Waals surface area contributed by atoms with Crippen LogP contribution in [0.15, 0.2) is 60.4 Å². The molecule has 0 aliphatic rings. The summed E-state index contributed by atoms with van der Waals surface area (Å²) >= 11 is 0. The highest BCUT2D eigenvalue weighted by molar-refractivity contribution is 6.05. The number of hydrogen-bond acceptors (Lipinski definition) is 6. The number of carbonyl (C=O) groups is 2. The van der Waals surface area contributed by atoms with E-state index in [9.17, 15) is 19.7 Å². The molecule has 2 aromatic rings. The van der Waals surface area contributed by atoms with Crippen LogP contribution in [0.1, 0.15) is 27.6 Å². The number of carbonyl (C=O) groups excluding carboxylic acids is 2. The summed E-state index contributed by atoms with van der Waals surface area (Å²) in [5, 5.41) is 10.6. The van der Waals surface area contributed by atoms with Crippen molar-refractivity contribution < 1.29 is 24.0 Å². The van der Waals surface area contributed by atoms with Gasteiger partial charge in [0.15, 0.2) is 5.78 Å². The van der Waals surface area contributed by atoms with Crippen LogP contribution in [-0.4, -0.2) is 23.8 Å². The zero-order valence-electron chi connectivity index (χ0n) is 13.6. The maximum Gasteiger partial charge on any atom is 0.343 e. The standard InChI is InChI=1S/C18H15NO6/c1-12(25-18(21)14-5-9-16(24-2)10-6-14)11-17(20)13-3-7-15(8-4-13)19(22)23/h3-11H,1-2H3/b12-11+. The molecule has 0 atom stereocenters. The molecule has 0 aromatic heterocycles. The van der Waals surface area contributed by atoms with Crippen LogP contribution in [0.2, 0.25) is 0 Å². The maximum atomic E-state index is 12.1. The molecule has 7 nitrogen and oxygen atoms in total. The molecule has 25 heavy (non-hydrogen) atoms. The first-order valence-corrected chi connectivity index (χ1v) is 7.24. The average molecular weight is 341 g/mol. The zero-order valence-corrected chi connectivity index (χ0v) is 13.6. The number of nitro benzene ring substituents is 1. The second kappa shape index (κ2) is 7.87. The number of allylic oxidation sites excluding steroid dienone is 2. The van der Waals surface area contributed by atoms with Gasteiger partial charge in [-0.15, -0.1) is 0 Å². The number of benzene rings is 2. The Labute approximate surface area is 143 Å². The fourth-order valence-corrected chi connectivity index (χ4v) is 1.98. The molecule has 128 valence electrons. The summed E-state index contributed by atoms with van der Waals surface area (Å²) < 4.78 is 10.1. The molecular formula is C18H15NO6. The van der Waals surface area contributed by atoms with Crippen LogP contribution in [0.3, 0.4) is 0 Å². The van der Waals surface area contributed by atoms with Crippen molar-refractivity contribution in [3.63, 3.8) is 0 Å². The molecule has 0 heterocycles. The van der Waals surface area contributed by atoms with E-state index in [0.717, 1.165) is 6.08 Å². The van der Waals surface area contributed by atoms with Gasteiger partial charge in [0, 0.05) is 23.8 Å². The largest absolute Gasteiger partial charge is 0.497 e. The lowest BCUT2D eigenvalue weighted by Gasteiger charge is -2.05. The molecule has 0 unspecified atom stereocenters. The Morgan fingerprint density at radius 3 is 2.08 bits per heavy atom. The quantitative estimate of drug-likeness (QED) is 0.199. The van der Waals surface area contributed by atoms with Crippen LogP contribution >= 0.6 is 0 Å². The first-order chi connectivity index (χ1) is 11.9. The van der Waals surface area contributed by atoms with E-state index in [4.69, 9.17) is 9.47 Å². The second-order valence-corrected chi connectivity index (χ2v) is 5.04. The number of ether oxygens (including phenoxy) is 2. The Morgan fingerprint density at radius 2 is 1.56 bits per heavy atom. The lowest BCUT2D eigenvalue weighted by atomic mass is 10.1. The number of hydrogen-bond donors (Lipinski definition) is 0. The molecule has 0 radical (unpaired) electrons. The highest BCUT2D eigenvalue weighted by atomic mass is 16.6. The number of methoxy groups -OCH3 is 1. The molecule has 0 amide bonds. The maximum absolute atomic E-state index is 12.1. The average Bonchev–Trinajstić information content (AvgIpc) is 2.61. The Bertz CT molecular complexity index is 822. The van der Waals surface area contributed by atoms with Crippen LogP contribution in [0.4, 0.5) is 5.69 Å². The van der Waals surface area contributed by atoms with Gasteiger partial charge in [0.2, 0.25) is 0 Å². The summed E-state index contributed by atoms with van der Waals surface area (Å²) in [6, 6.07) is 11.5. The summed E-state index contributed by atoms with van der Waals surface area (Å²) in [5.74, 6) is -0.302. The monoisotopic (exact) mass is 341 g/mol. The van der Waals surface area contributed by atoms with Crippen LogP contribution < -0.4 is 4.74 Å². The summed E-state index contributed by atoms with van der Waals surface area (Å²) in [5.41, 5.74) is 0.463. The van der Waals surface area contributed by atoms with Gasteiger partial charge in [0.05, 0.1) is 17.6 Å². The van der Waals surface area contributed by atoms with E-state index in [1.165, 1.54) is 38.3 Å². The van der Waals surface area contributed by atoms with Crippen molar-refractivity contribution in [2.45, 2.75) is 6.92 Å². The molecule has 0 fully saturated rings. The molecule has 0 saturated carbocycles. The minimum Gasteiger partial charge on any atom is -0.497 e. The molecule has 0 aliphatic heterocycles. The van der Waals surface area contributed by atoms with E-state index in [1.54, 1.807) is 24.3 Å². The SMILES string of the molecule is COc1ccc(C(=O)O/C(C)=C/C(=O)c2ccc([N+](=O)[O-])cc2)cc1. The summed E-state index contributed by atoms with van der Waals surface area (Å²) in [7, 11) is 1.52. The highest BCUT2D eigenvalue weighted by Crippen LogP contribution is 2.15. The van der Waals surface area contributed by atoms with Crippen molar-refractivity contribution in [3.8, 4) is 5.75 Å². The summed E-state index contributed by atoms with van der Waals surface area (Å²) in [4.78, 5) is 34.1. The minimum atomic E-state index is -0.604. The van der Waals surface area contributed by atoms with E-state index in [-0.39, 0.29) is 17.0 Å². The third kappa shape index (κ3) is 4.74. The topological polar surface area (TPSA) is 95.7 Å². The number of nitro groups is 1. The molecule has 0 saturated heterocycles. The van der Waals surface area contributed by atoms with E-state index >= 15 is 0 Å². The predicted octanol–water partition coefficient (Wildman–Crippen LogP) is 3.55. The zero-order chi connectivity index (χ0) is 18.4. The molecule has 0 aliphatic carbocycles. The van der Waals surface area contributed by atoms with Crippen molar-refractivity contribution in [2.24, 2.45) is 0 Å². The fraction of sp³-hybridized carbons (Fsp3) is 0.111. The summed E-state index contributed by atoms with van der Waals surface area (Å²) in [6.45, 7) is 1.48. The second-order valence-electron chi connectivity index (χ2n) is 5.04. The molecule has 2 aromatic carbocycles.